The van der Waals surface area contributed by atoms with E-state index in [0.29, 0.717) is 0 Å². The molecular formula is C33H18N2OS. The smallest absolute Gasteiger partial charge is 0.195 e. The van der Waals surface area contributed by atoms with Gasteiger partial charge in [-0.3, -0.25) is 4.57 Å². The van der Waals surface area contributed by atoms with Crippen molar-refractivity contribution in [3.05, 3.63) is 109 Å². The molecule has 0 N–H and O–H groups in total. The molecule has 0 saturated carbocycles. The first kappa shape index (κ1) is 19.5. The summed E-state index contributed by atoms with van der Waals surface area (Å²) >= 11 is 1.74. The quantitative estimate of drug-likeness (QED) is 0.229. The Hall–Kier alpha value is -4.67. The van der Waals surface area contributed by atoms with Gasteiger partial charge in [-0.15, -0.1) is 0 Å². The van der Waals surface area contributed by atoms with Crippen LogP contribution in [0, 0.1) is 0 Å². The van der Waals surface area contributed by atoms with Crippen molar-refractivity contribution >= 4 is 86.8 Å². The number of thiazole rings is 1. The fourth-order valence-electron chi connectivity index (χ4n) is 5.96. The molecule has 4 heteroatoms. The molecule has 0 atom stereocenters. The zero-order valence-electron chi connectivity index (χ0n) is 19.6. The number of aromatic nitrogens is 2. The monoisotopic (exact) mass is 490 g/mol. The van der Waals surface area contributed by atoms with Crippen molar-refractivity contribution in [2.75, 3.05) is 0 Å². The second-order valence-electron chi connectivity index (χ2n) is 9.61. The average Bonchev–Trinajstić information content (AvgIpc) is 3.62. The fraction of sp³-hybridized carbons (Fsp3) is 0. The summed E-state index contributed by atoms with van der Waals surface area (Å²) in [6.07, 6.45) is 0. The molecule has 0 bridgehead atoms. The van der Waals surface area contributed by atoms with Gasteiger partial charge in [0, 0.05) is 21.5 Å². The molecular weight excluding hydrogens is 472 g/mol. The van der Waals surface area contributed by atoms with Crippen LogP contribution in [0.5, 0.6) is 0 Å². The van der Waals surface area contributed by atoms with Crippen LogP contribution in [-0.4, -0.2) is 9.55 Å². The summed E-state index contributed by atoms with van der Waals surface area (Å²) in [5.41, 5.74) is 5.17. The summed E-state index contributed by atoms with van der Waals surface area (Å²) < 4.78 is 9.68. The molecule has 0 aliphatic heterocycles. The lowest BCUT2D eigenvalue weighted by Crippen LogP contribution is -1.92. The van der Waals surface area contributed by atoms with E-state index >= 15 is 0 Å². The largest absolute Gasteiger partial charge is 0.456 e. The molecule has 9 aromatic rings. The highest BCUT2D eigenvalue weighted by atomic mass is 32.1. The van der Waals surface area contributed by atoms with Gasteiger partial charge in [0.15, 0.2) is 5.13 Å². The predicted molar refractivity (Wildman–Crippen MR) is 156 cm³/mol. The van der Waals surface area contributed by atoms with Crippen LogP contribution in [0.4, 0.5) is 0 Å². The number of hydrogen-bond acceptors (Lipinski definition) is 3. The van der Waals surface area contributed by atoms with Gasteiger partial charge < -0.3 is 4.42 Å². The summed E-state index contributed by atoms with van der Waals surface area (Å²) in [6, 6.07) is 38.8. The third-order valence-corrected chi connectivity index (χ3v) is 8.67. The second-order valence-corrected chi connectivity index (χ2v) is 10.6. The molecule has 3 heterocycles. The van der Waals surface area contributed by atoms with E-state index in [-0.39, 0.29) is 0 Å². The van der Waals surface area contributed by atoms with Gasteiger partial charge in [0.05, 0.1) is 21.3 Å². The van der Waals surface area contributed by atoms with Gasteiger partial charge in [0.2, 0.25) is 0 Å². The third-order valence-electron chi connectivity index (χ3n) is 7.60. The number of para-hydroxylation sites is 1. The summed E-state index contributed by atoms with van der Waals surface area (Å²) in [6.45, 7) is 0. The molecule has 6 aromatic carbocycles. The van der Waals surface area contributed by atoms with E-state index in [2.05, 4.69) is 95.6 Å². The predicted octanol–water partition coefficient (Wildman–Crippen LogP) is 9.60. The second kappa shape index (κ2) is 6.96. The fourth-order valence-corrected chi connectivity index (χ4v) is 7.10. The first-order chi connectivity index (χ1) is 18.3. The van der Waals surface area contributed by atoms with Crippen LogP contribution in [0.2, 0.25) is 0 Å². The lowest BCUT2D eigenvalue weighted by atomic mass is 10.0. The van der Waals surface area contributed by atoms with E-state index in [1.54, 1.807) is 11.3 Å². The standard InChI is InChI=1S/C33H18N2OS/c1-2-9-21-18-27-24(17-20(21)8-1)30-22-10-4-3-7-19(22)13-15-26(30)35(27)33-34-25-14-16-29-31(32(25)37-33)23-11-5-6-12-28(23)36-29/h1-18H. The minimum absolute atomic E-state index is 0.906. The molecule has 37 heavy (non-hydrogen) atoms. The molecule has 3 aromatic heterocycles. The minimum atomic E-state index is 0.906. The van der Waals surface area contributed by atoms with Gasteiger partial charge in [0.1, 0.15) is 11.2 Å². The van der Waals surface area contributed by atoms with E-state index in [9.17, 15) is 0 Å². The Bertz CT molecular complexity index is 2370. The van der Waals surface area contributed by atoms with E-state index < -0.39 is 0 Å². The van der Waals surface area contributed by atoms with Crippen LogP contribution < -0.4 is 0 Å². The summed E-state index contributed by atoms with van der Waals surface area (Å²) in [4.78, 5) is 5.19. The molecule has 0 aliphatic carbocycles. The van der Waals surface area contributed by atoms with Gasteiger partial charge in [0.25, 0.3) is 0 Å². The Morgan fingerprint density at radius 3 is 2.22 bits per heavy atom. The van der Waals surface area contributed by atoms with Gasteiger partial charge in [-0.25, -0.2) is 4.98 Å². The van der Waals surface area contributed by atoms with E-state index in [1.807, 2.05) is 18.2 Å². The summed E-state index contributed by atoms with van der Waals surface area (Å²) in [5.74, 6) is 0. The maximum atomic E-state index is 6.17. The van der Waals surface area contributed by atoms with Crippen molar-refractivity contribution in [1.29, 1.82) is 0 Å². The van der Waals surface area contributed by atoms with Gasteiger partial charge in [-0.05, 0) is 57.9 Å². The van der Waals surface area contributed by atoms with Crippen LogP contribution in [-0.2, 0) is 0 Å². The highest BCUT2D eigenvalue weighted by Gasteiger charge is 2.20. The van der Waals surface area contributed by atoms with Crippen molar-refractivity contribution < 1.29 is 4.42 Å². The molecule has 0 spiro atoms. The van der Waals surface area contributed by atoms with E-state index in [4.69, 9.17) is 9.40 Å². The highest BCUT2D eigenvalue weighted by molar-refractivity contribution is 7.22. The lowest BCUT2D eigenvalue weighted by molar-refractivity contribution is 0.669. The molecule has 0 unspecified atom stereocenters. The molecule has 9 rings (SSSR count). The Morgan fingerprint density at radius 2 is 1.32 bits per heavy atom. The van der Waals surface area contributed by atoms with Crippen LogP contribution in [0.25, 0.3) is 80.6 Å². The topological polar surface area (TPSA) is 31.0 Å². The Kier molecular flexibility index (Phi) is 3.67. The Morgan fingerprint density at radius 1 is 0.568 bits per heavy atom. The zero-order valence-corrected chi connectivity index (χ0v) is 20.4. The van der Waals surface area contributed by atoms with Gasteiger partial charge in [-0.1, -0.05) is 84.1 Å². The molecule has 172 valence electrons. The van der Waals surface area contributed by atoms with Crippen LogP contribution in [0.15, 0.2) is 114 Å². The molecule has 0 fully saturated rings. The van der Waals surface area contributed by atoms with E-state index in [1.165, 1.54) is 43.4 Å². The van der Waals surface area contributed by atoms with Crippen molar-refractivity contribution in [3.63, 3.8) is 0 Å². The normalized spacial score (nSPS) is 12.3. The van der Waals surface area contributed by atoms with E-state index in [0.717, 1.165) is 37.3 Å². The molecule has 0 aliphatic rings. The first-order valence-electron chi connectivity index (χ1n) is 12.4. The molecule has 0 saturated heterocycles. The summed E-state index contributed by atoms with van der Waals surface area (Å²) in [5, 5.41) is 10.8. The van der Waals surface area contributed by atoms with Gasteiger partial charge >= 0.3 is 0 Å². The van der Waals surface area contributed by atoms with Crippen LogP contribution in [0.1, 0.15) is 0 Å². The number of fused-ring (bicyclic) bond motifs is 11. The number of furan rings is 1. The van der Waals surface area contributed by atoms with Crippen molar-refractivity contribution in [2.45, 2.75) is 0 Å². The number of hydrogen-bond donors (Lipinski definition) is 0. The van der Waals surface area contributed by atoms with Crippen molar-refractivity contribution in [2.24, 2.45) is 0 Å². The number of nitrogens with zero attached hydrogens (tertiary/aromatic N) is 2. The van der Waals surface area contributed by atoms with Crippen LogP contribution in [0.3, 0.4) is 0 Å². The zero-order chi connectivity index (χ0) is 24.1. The summed E-state index contributed by atoms with van der Waals surface area (Å²) in [7, 11) is 0. The van der Waals surface area contributed by atoms with Crippen molar-refractivity contribution in [1.82, 2.24) is 9.55 Å². The maximum absolute atomic E-state index is 6.17. The maximum Gasteiger partial charge on any atom is 0.195 e. The Labute approximate surface area is 214 Å². The molecule has 0 amide bonds. The van der Waals surface area contributed by atoms with Gasteiger partial charge in [-0.2, -0.15) is 0 Å². The minimum Gasteiger partial charge on any atom is -0.456 e. The first-order valence-corrected chi connectivity index (χ1v) is 13.2. The third kappa shape index (κ3) is 2.57. The van der Waals surface area contributed by atoms with Crippen molar-refractivity contribution in [3.8, 4) is 5.13 Å². The lowest BCUT2D eigenvalue weighted by Gasteiger charge is -2.04. The number of rotatable bonds is 1. The number of benzene rings is 6. The SMILES string of the molecule is c1ccc2cc3c(cc2c1)c1c2ccccc2ccc1n3-c1nc2ccc3oc4ccccc4c3c2s1. The average molecular weight is 491 g/mol. The molecule has 3 nitrogen and oxygen atoms in total. The molecule has 0 radical (unpaired) electrons. The Balaban J connectivity index is 1.46. The van der Waals surface area contributed by atoms with Crippen LogP contribution >= 0.6 is 11.3 Å². The highest BCUT2D eigenvalue weighted by Crippen LogP contribution is 2.42.